The predicted molar refractivity (Wildman–Crippen MR) is 51.6 cm³/mol. The second-order valence-electron chi connectivity index (χ2n) is 4.79. The molecule has 1 N–H and O–H groups in total. The van der Waals surface area contributed by atoms with E-state index in [9.17, 15) is 8.78 Å². The molecule has 0 spiro atoms. The molecule has 0 aromatic rings. The summed E-state index contributed by atoms with van der Waals surface area (Å²) in [7, 11) is 2.07. The van der Waals surface area contributed by atoms with Crippen molar-refractivity contribution in [2.45, 2.75) is 31.2 Å². The van der Waals surface area contributed by atoms with Crippen LogP contribution in [-0.4, -0.2) is 43.5 Å². The maximum atomic E-state index is 12.8. The van der Waals surface area contributed by atoms with E-state index < -0.39 is 5.92 Å². The summed E-state index contributed by atoms with van der Waals surface area (Å²) in [5.41, 5.74) is 0. The van der Waals surface area contributed by atoms with E-state index in [1.165, 1.54) is 0 Å². The molecule has 0 bridgehead atoms. The smallest absolute Gasteiger partial charge is 0.248 e. The summed E-state index contributed by atoms with van der Waals surface area (Å²) in [5, 5.41) is 3.35. The summed E-state index contributed by atoms with van der Waals surface area (Å²) >= 11 is 0. The van der Waals surface area contributed by atoms with Crippen LogP contribution in [0.4, 0.5) is 8.78 Å². The van der Waals surface area contributed by atoms with E-state index in [2.05, 4.69) is 17.3 Å². The molecule has 1 unspecified atom stereocenters. The maximum Gasteiger partial charge on any atom is 0.248 e. The standard InChI is InChI=1S/C10H18F2N2/c1-14-6-9(7-14)13-5-8-2-3-10(11,12)4-8/h8-9,13H,2-7H2,1H3. The molecule has 1 atom stereocenters. The van der Waals surface area contributed by atoms with Crippen molar-refractivity contribution in [1.29, 1.82) is 0 Å². The number of rotatable bonds is 3. The molecule has 2 fully saturated rings. The Morgan fingerprint density at radius 2 is 2.14 bits per heavy atom. The van der Waals surface area contributed by atoms with Gasteiger partial charge in [-0.05, 0) is 25.9 Å². The average Bonchev–Trinajstić information content (AvgIpc) is 2.37. The van der Waals surface area contributed by atoms with Crippen molar-refractivity contribution in [2.75, 3.05) is 26.7 Å². The Bertz CT molecular complexity index is 202. The molecule has 2 rings (SSSR count). The van der Waals surface area contributed by atoms with E-state index in [1.807, 2.05) is 0 Å². The Balaban J connectivity index is 1.63. The number of alkyl halides is 2. The first-order valence-electron chi connectivity index (χ1n) is 5.35. The monoisotopic (exact) mass is 204 g/mol. The molecule has 1 aliphatic carbocycles. The van der Waals surface area contributed by atoms with Gasteiger partial charge in [0.15, 0.2) is 0 Å². The van der Waals surface area contributed by atoms with Crippen molar-refractivity contribution < 1.29 is 8.78 Å². The molecule has 0 radical (unpaired) electrons. The molecule has 0 aromatic carbocycles. The summed E-state index contributed by atoms with van der Waals surface area (Å²) in [5.74, 6) is -2.20. The summed E-state index contributed by atoms with van der Waals surface area (Å²) in [6.45, 7) is 2.89. The van der Waals surface area contributed by atoms with Crippen LogP contribution in [0.25, 0.3) is 0 Å². The second-order valence-corrected chi connectivity index (χ2v) is 4.79. The number of likely N-dealkylation sites (tertiary alicyclic amines) is 1. The van der Waals surface area contributed by atoms with E-state index >= 15 is 0 Å². The number of halogens is 2. The summed E-state index contributed by atoms with van der Waals surface area (Å²) in [6, 6.07) is 0.536. The molecule has 1 aliphatic heterocycles. The fourth-order valence-electron chi connectivity index (χ4n) is 2.38. The van der Waals surface area contributed by atoms with Gasteiger partial charge in [0.05, 0.1) is 0 Å². The lowest BCUT2D eigenvalue weighted by atomic mass is 10.1. The molecule has 0 aromatic heterocycles. The summed E-state index contributed by atoms with van der Waals surface area (Å²) in [4.78, 5) is 2.22. The van der Waals surface area contributed by atoms with Gasteiger partial charge in [0.2, 0.25) is 5.92 Å². The number of hydrogen-bond acceptors (Lipinski definition) is 2. The highest BCUT2D eigenvalue weighted by molar-refractivity contribution is 4.87. The SMILES string of the molecule is CN1CC(NCC2CCC(F)(F)C2)C1. The molecule has 2 nitrogen and oxygen atoms in total. The van der Waals surface area contributed by atoms with Crippen LogP contribution in [0.2, 0.25) is 0 Å². The van der Waals surface area contributed by atoms with Gasteiger partial charge in [-0.1, -0.05) is 0 Å². The zero-order valence-corrected chi connectivity index (χ0v) is 8.60. The quantitative estimate of drug-likeness (QED) is 0.746. The van der Waals surface area contributed by atoms with Crippen molar-refractivity contribution >= 4 is 0 Å². The van der Waals surface area contributed by atoms with Gasteiger partial charge in [0.25, 0.3) is 0 Å². The summed E-state index contributed by atoms with van der Waals surface area (Å²) in [6.07, 6.45) is 0.856. The Kier molecular flexibility index (Phi) is 2.75. The van der Waals surface area contributed by atoms with Crippen LogP contribution in [0, 0.1) is 5.92 Å². The highest BCUT2D eigenvalue weighted by Gasteiger charge is 2.39. The van der Waals surface area contributed by atoms with Crippen LogP contribution < -0.4 is 5.32 Å². The minimum absolute atomic E-state index is 0.0859. The van der Waals surface area contributed by atoms with E-state index in [4.69, 9.17) is 0 Å². The topological polar surface area (TPSA) is 15.3 Å². The molecule has 2 aliphatic rings. The van der Waals surface area contributed by atoms with Crippen LogP contribution in [0.1, 0.15) is 19.3 Å². The molecular formula is C10H18F2N2. The number of hydrogen-bond donors (Lipinski definition) is 1. The van der Waals surface area contributed by atoms with Gasteiger partial charge in [-0.2, -0.15) is 0 Å². The minimum Gasteiger partial charge on any atom is -0.311 e. The maximum absolute atomic E-state index is 12.8. The van der Waals surface area contributed by atoms with Crippen molar-refractivity contribution in [3.05, 3.63) is 0 Å². The van der Waals surface area contributed by atoms with Gasteiger partial charge in [0, 0.05) is 32.0 Å². The van der Waals surface area contributed by atoms with E-state index in [-0.39, 0.29) is 18.8 Å². The lowest BCUT2D eigenvalue weighted by Crippen LogP contribution is -2.56. The Hall–Kier alpha value is -0.220. The van der Waals surface area contributed by atoms with Gasteiger partial charge in [-0.3, -0.25) is 0 Å². The first kappa shape index (κ1) is 10.3. The van der Waals surface area contributed by atoms with E-state index in [0.29, 0.717) is 12.5 Å². The van der Waals surface area contributed by atoms with E-state index in [1.54, 1.807) is 0 Å². The second kappa shape index (κ2) is 3.74. The van der Waals surface area contributed by atoms with Crippen LogP contribution in [-0.2, 0) is 0 Å². The summed E-state index contributed by atoms with van der Waals surface area (Å²) < 4.78 is 25.7. The van der Waals surface area contributed by atoms with Gasteiger partial charge >= 0.3 is 0 Å². The van der Waals surface area contributed by atoms with Crippen molar-refractivity contribution in [3.8, 4) is 0 Å². The lowest BCUT2D eigenvalue weighted by Gasteiger charge is -2.37. The normalized spacial score (nSPS) is 33.2. The highest BCUT2D eigenvalue weighted by atomic mass is 19.3. The zero-order chi connectivity index (χ0) is 10.2. The van der Waals surface area contributed by atoms with Gasteiger partial charge in [-0.15, -0.1) is 0 Å². The number of nitrogens with zero attached hydrogens (tertiary/aromatic N) is 1. The molecular weight excluding hydrogens is 186 g/mol. The molecule has 1 saturated heterocycles. The van der Waals surface area contributed by atoms with Gasteiger partial charge in [-0.25, -0.2) is 8.78 Å². The molecule has 14 heavy (non-hydrogen) atoms. The first-order valence-corrected chi connectivity index (χ1v) is 5.35. The fraction of sp³-hybridized carbons (Fsp3) is 1.00. The van der Waals surface area contributed by atoms with Gasteiger partial charge < -0.3 is 10.2 Å². The third-order valence-electron chi connectivity index (χ3n) is 3.26. The Labute approximate surface area is 83.7 Å². The molecule has 4 heteroatoms. The van der Waals surface area contributed by atoms with Crippen molar-refractivity contribution in [1.82, 2.24) is 10.2 Å². The lowest BCUT2D eigenvalue weighted by molar-refractivity contribution is 0.00470. The van der Waals surface area contributed by atoms with Crippen LogP contribution >= 0.6 is 0 Å². The largest absolute Gasteiger partial charge is 0.311 e. The molecule has 82 valence electrons. The van der Waals surface area contributed by atoms with Crippen molar-refractivity contribution in [3.63, 3.8) is 0 Å². The van der Waals surface area contributed by atoms with Crippen LogP contribution in [0.15, 0.2) is 0 Å². The highest BCUT2D eigenvalue weighted by Crippen LogP contribution is 2.38. The van der Waals surface area contributed by atoms with Crippen LogP contribution in [0.5, 0.6) is 0 Å². The Morgan fingerprint density at radius 1 is 1.43 bits per heavy atom. The third-order valence-corrected chi connectivity index (χ3v) is 3.26. The predicted octanol–water partition coefficient (Wildman–Crippen LogP) is 1.33. The fourth-order valence-corrected chi connectivity index (χ4v) is 2.38. The first-order chi connectivity index (χ1) is 6.55. The van der Waals surface area contributed by atoms with Crippen molar-refractivity contribution in [2.24, 2.45) is 5.92 Å². The number of nitrogens with one attached hydrogen (secondary N) is 1. The third kappa shape index (κ3) is 2.42. The van der Waals surface area contributed by atoms with E-state index in [0.717, 1.165) is 19.6 Å². The zero-order valence-electron chi connectivity index (χ0n) is 8.60. The minimum atomic E-state index is -2.39. The van der Waals surface area contributed by atoms with Crippen LogP contribution in [0.3, 0.4) is 0 Å². The Morgan fingerprint density at radius 3 is 2.64 bits per heavy atom. The average molecular weight is 204 g/mol. The molecule has 1 saturated carbocycles. The molecule has 0 amide bonds. The molecule has 1 heterocycles. The number of likely N-dealkylation sites (N-methyl/N-ethyl adjacent to an activating group) is 1. The van der Waals surface area contributed by atoms with Gasteiger partial charge in [0.1, 0.15) is 0 Å².